The summed E-state index contributed by atoms with van der Waals surface area (Å²) < 4.78 is 5.24. The Morgan fingerprint density at radius 2 is 2.25 bits per heavy atom. The lowest BCUT2D eigenvalue weighted by atomic mass is 10.1. The van der Waals surface area contributed by atoms with Crippen LogP contribution in [0.25, 0.3) is 17.0 Å². The van der Waals surface area contributed by atoms with Crippen molar-refractivity contribution < 1.29 is 9.21 Å². The van der Waals surface area contributed by atoms with Crippen molar-refractivity contribution in [2.24, 2.45) is 0 Å². The summed E-state index contributed by atoms with van der Waals surface area (Å²) in [5, 5.41) is 1.07. The number of fused-ring (bicyclic) bond motifs is 1. The van der Waals surface area contributed by atoms with E-state index < -0.39 is 0 Å². The van der Waals surface area contributed by atoms with Crippen LogP contribution in [0.1, 0.15) is 12.0 Å². The molecular weight excluding hydrogens is 200 g/mol. The molecule has 0 bridgehead atoms. The predicted octanol–water partition coefficient (Wildman–Crippen LogP) is 3.59. The van der Waals surface area contributed by atoms with Crippen molar-refractivity contribution in [3.63, 3.8) is 0 Å². The molecule has 2 nitrogen and oxygen atoms in total. The van der Waals surface area contributed by atoms with Gasteiger partial charge in [0.25, 0.3) is 0 Å². The van der Waals surface area contributed by atoms with Crippen LogP contribution < -0.4 is 0 Å². The van der Waals surface area contributed by atoms with Crippen molar-refractivity contribution in [3.8, 4) is 0 Å². The summed E-state index contributed by atoms with van der Waals surface area (Å²) in [6.07, 6.45) is 7.16. The minimum atomic E-state index is 0.0284. The number of hydrogen-bond donors (Lipinski definition) is 0. The Bertz CT molecular complexity index is 547. The minimum Gasteiger partial charge on any atom is -0.464 e. The van der Waals surface area contributed by atoms with Gasteiger partial charge in [-0.05, 0) is 29.8 Å². The van der Waals surface area contributed by atoms with Crippen LogP contribution in [0.4, 0.5) is 0 Å². The van der Waals surface area contributed by atoms with Gasteiger partial charge in [-0.2, -0.15) is 0 Å². The zero-order chi connectivity index (χ0) is 11.4. The maximum Gasteiger partial charge on any atom is 0.158 e. The second kappa shape index (κ2) is 4.62. The molecule has 0 N–H and O–H groups in total. The summed E-state index contributed by atoms with van der Waals surface area (Å²) >= 11 is 0. The first-order valence-corrected chi connectivity index (χ1v) is 5.08. The van der Waals surface area contributed by atoms with E-state index in [1.54, 1.807) is 6.26 Å². The number of carbonyl (C=O) groups excluding carboxylic acids is 1. The normalized spacial score (nSPS) is 11.0. The molecule has 0 atom stereocenters. The van der Waals surface area contributed by atoms with Crippen LogP contribution >= 0.6 is 0 Å². The van der Waals surface area contributed by atoms with Gasteiger partial charge in [0.05, 0.1) is 6.26 Å². The summed E-state index contributed by atoms with van der Waals surface area (Å²) in [4.78, 5) is 11.0. The Balaban J connectivity index is 2.14. The molecule has 2 rings (SSSR count). The van der Waals surface area contributed by atoms with Gasteiger partial charge in [0.15, 0.2) is 5.78 Å². The van der Waals surface area contributed by atoms with Gasteiger partial charge in [-0.1, -0.05) is 24.8 Å². The van der Waals surface area contributed by atoms with Gasteiger partial charge in [0.2, 0.25) is 0 Å². The molecule has 1 aromatic carbocycles. The highest BCUT2D eigenvalue weighted by atomic mass is 16.3. The number of hydrogen-bond acceptors (Lipinski definition) is 2. The number of carbonyl (C=O) groups is 1. The van der Waals surface area contributed by atoms with Crippen molar-refractivity contribution in [1.29, 1.82) is 0 Å². The summed E-state index contributed by atoms with van der Waals surface area (Å²) in [6.45, 7) is 3.42. The summed E-state index contributed by atoms with van der Waals surface area (Å²) in [5.74, 6) is 0.0284. The average molecular weight is 212 g/mol. The van der Waals surface area contributed by atoms with E-state index in [9.17, 15) is 4.79 Å². The summed E-state index contributed by atoms with van der Waals surface area (Å²) in [5.41, 5.74) is 1.94. The largest absolute Gasteiger partial charge is 0.464 e. The third-order valence-corrected chi connectivity index (χ3v) is 2.33. The van der Waals surface area contributed by atoms with Gasteiger partial charge in [0, 0.05) is 11.8 Å². The first-order chi connectivity index (χ1) is 7.79. The molecule has 2 aromatic rings. The highest BCUT2D eigenvalue weighted by molar-refractivity contribution is 5.90. The second-order valence-electron chi connectivity index (χ2n) is 3.49. The van der Waals surface area contributed by atoms with E-state index in [-0.39, 0.29) is 5.78 Å². The second-order valence-corrected chi connectivity index (χ2v) is 3.49. The van der Waals surface area contributed by atoms with Gasteiger partial charge >= 0.3 is 0 Å². The molecule has 0 unspecified atom stereocenters. The van der Waals surface area contributed by atoms with Crippen LogP contribution in [0.2, 0.25) is 0 Å². The molecule has 0 fully saturated rings. The molecule has 0 aliphatic rings. The number of rotatable bonds is 4. The summed E-state index contributed by atoms with van der Waals surface area (Å²) in [6, 6.07) is 7.82. The molecule has 0 radical (unpaired) electrons. The van der Waals surface area contributed by atoms with Gasteiger partial charge in [-0.3, -0.25) is 4.79 Å². The summed E-state index contributed by atoms with van der Waals surface area (Å²) in [7, 11) is 0. The Morgan fingerprint density at radius 1 is 1.38 bits per heavy atom. The Morgan fingerprint density at radius 3 is 3.06 bits per heavy atom. The fourth-order valence-corrected chi connectivity index (χ4v) is 1.48. The van der Waals surface area contributed by atoms with E-state index in [2.05, 4.69) is 6.58 Å². The quantitative estimate of drug-likeness (QED) is 0.725. The average Bonchev–Trinajstić information content (AvgIpc) is 2.76. The lowest BCUT2D eigenvalue weighted by Gasteiger charge is -1.93. The molecule has 1 heterocycles. The van der Waals surface area contributed by atoms with Gasteiger partial charge in [0.1, 0.15) is 5.58 Å². The van der Waals surface area contributed by atoms with Crippen molar-refractivity contribution in [2.75, 3.05) is 0 Å². The Kier molecular flexibility index (Phi) is 3.01. The van der Waals surface area contributed by atoms with E-state index >= 15 is 0 Å². The van der Waals surface area contributed by atoms with Crippen LogP contribution in [-0.4, -0.2) is 5.78 Å². The van der Waals surface area contributed by atoms with E-state index in [0.29, 0.717) is 6.42 Å². The van der Waals surface area contributed by atoms with E-state index in [1.165, 1.54) is 6.08 Å². The fourth-order valence-electron chi connectivity index (χ4n) is 1.48. The van der Waals surface area contributed by atoms with Crippen molar-refractivity contribution >= 4 is 22.8 Å². The standard InChI is InChI=1S/C14H12O2/c1-2-13(15)5-3-4-11-6-7-14-12(10-11)8-9-16-14/h2-4,6-10H,1,5H2/b4-3+. The molecule has 0 aliphatic carbocycles. The van der Waals surface area contributed by atoms with Crippen molar-refractivity contribution in [3.05, 3.63) is 54.8 Å². The smallest absolute Gasteiger partial charge is 0.158 e. The zero-order valence-electron chi connectivity index (χ0n) is 8.85. The lowest BCUT2D eigenvalue weighted by molar-refractivity contribution is -0.113. The number of benzene rings is 1. The van der Waals surface area contributed by atoms with Gasteiger partial charge in [-0.25, -0.2) is 0 Å². The Hall–Kier alpha value is -2.09. The first kappa shape index (κ1) is 10.4. The van der Waals surface area contributed by atoms with E-state index in [0.717, 1.165) is 16.5 Å². The molecule has 2 heteroatoms. The molecule has 0 aliphatic heterocycles. The maximum atomic E-state index is 11.0. The number of allylic oxidation sites excluding steroid dienone is 2. The third kappa shape index (κ3) is 2.28. The molecule has 0 saturated carbocycles. The fraction of sp³-hybridized carbons (Fsp3) is 0.0714. The van der Waals surface area contributed by atoms with Crippen LogP contribution in [0.15, 0.2) is 53.7 Å². The molecule has 80 valence electrons. The molecule has 16 heavy (non-hydrogen) atoms. The molecular formula is C14H12O2. The third-order valence-electron chi connectivity index (χ3n) is 2.33. The van der Waals surface area contributed by atoms with Crippen LogP contribution in [-0.2, 0) is 4.79 Å². The molecule has 1 aromatic heterocycles. The van der Waals surface area contributed by atoms with Crippen molar-refractivity contribution in [2.45, 2.75) is 6.42 Å². The number of ketones is 1. The van der Waals surface area contributed by atoms with Gasteiger partial charge in [-0.15, -0.1) is 0 Å². The zero-order valence-corrected chi connectivity index (χ0v) is 8.85. The van der Waals surface area contributed by atoms with Crippen molar-refractivity contribution in [1.82, 2.24) is 0 Å². The topological polar surface area (TPSA) is 30.2 Å². The van der Waals surface area contributed by atoms with E-state index in [1.807, 2.05) is 36.4 Å². The lowest BCUT2D eigenvalue weighted by Crippen LogP contribution is -1.86. The first-order valence-electron chi connectivity index (χ1n) is 5.08. The van der Waals surface area contributed by atoms with E-state index in [4.69, 9.17) is 4.42 Å². The Labute approximate surface area is 93.9 Å². The number of furan rings is 1. The monoisotopic (exact) mass is 212 g/mol. The molecule has 0 saturated heterocycles. The SMILES string of the molecule is C=CC(=O)C/C=C/c1ccc2occc2c1. The molecule has 0 spiro atoms. The highest BCUT2D eigenvalue weighted by Crippen LogP contribution is 2.17. The highest BCUT2D eigenvalue weighted by Gasteiger charge is 1.96. The minimum absolute atomic E-state index is 0.0284. The molecule has 0 amide bonds. The van der Waals surface area contributed by atoms with Gasteiger partial charge < -0.3 is 4.42 Å². The van der Waals surface area contributed by atoms with Crippen LogP contribution in [0.3, 0.4) is 0 Å². The van der Waals surface area contributed by atoms with Crippen LogP contribution in [0.5, 0.6) is 0 Å². The predicted molar refractivity (Wildman–Crippen MR) is 65.1 cm³/mol. The maximum absolute atomic E-state index is 11.0. The van der Waals surface area contributed by atoms with Crippen LogP contribution in [0, 0.1) is 0 Å².